The van der Waals surface area contributed by atoms with Crippen LogP contribution in [0.3, 0.4) is 0 Å². The van der Waals surface area contributed by atoms with Crippen LogP contribution in [0.1, 0.15) is 16.7 Å². The normalized spacial score (nSPS) is 13.0. The van der Waals surface area contributed by atoms with Gasteiger partial charge in [0.05, 0.1) is 10.6 Å². The highest BCUT2D eigenvalue weighted by molar-refractivity contribution is 7.91. The lowest BCUT2D eigenvalue weighted by atomic mass is 10.4. The van der Waals surface area contributed by atoms with Gasteiger partial charge in [-0.1, -0.05) is 6.92 Å². The van der Waals surface area contributed by atoms with Gasteiger partial charge in [0, 0.05) is 36.1 Å². The van der Waals surface area contributed by atoms with Gasteiger partial charge >= 0.3 is 0 Å². The van der Waals surface area contributed by atoms with Crippen LogP contribution >= 0.6 is 11.3 Å². The van der Waals surface area contributed by atoms with Crippen molar-refractivity contribution in [2.24, 2.45) is 0 Å². The maximum absolute atomic E-state index is 12.5. The molecule has 0 aliphatic carbocycles. The molecule has 0 saturated heterocycles. The van der Waals surface area contributed by atoms with E-state index in [4.69, 9.17) is 0 Å². The number of hydrogen-bond acceptors (Lipinski definition) is 6. The Kier molecular flexibility index (Phi) is 6.36. The second kappa shape index (κ2) is 7.19. The van der Waals surface area contributed by atoms with Crippen molar-refractivity contribution in [2.45, 2.75) is 25.3 Å². The largest absolute Gasteiger partial charge is 0.312 e. The molecule has 0 radical (unpaired) electrons. The van der Waals surface area contributed by atoms with E-state index in [-0.39, 0.29) is 17.2 Å². The molecule has 122 valence electrons. The van der Waals surface area contributed by atoms with Gasteiger partial charge in [-0.2, -0.15) is 4.31 Å². The quantitative estimate of drug-likeness (QED) is 0.748. The lowest BCUT2D eigenvalue weighted by Crippen LogP contribution is -2.31. The van der Waals surface area contributed by atoms with Crippen molar-refractivity contribution in [1.82, 2.24) is 9.62 Å². The van der Waals surface area contributed by atoms with E-state index in [1.165, 1.54) is 18.4 Å². The third-order valence-corrected chi connectivity index (χ3v) is 7.02. The Bertz CT molecular complexity index is 677. The summed E-state index contributed by atoms with van der Waals surface area (Å²) in [5.74, 6) is -0.184. The van der Waals surface area contributed by atoms with E-state index >= 15 is 0 Å². The standard InChI is InChI=1S/C12H22N2O4S3/c1-5-13-9-11-8-12(10(2)19-11)21(17,18)14(3)6-7-20(4,15)16/h8,13H,5-7,9H2,1-4H3. The molecule has 0 unspecified atom stereocenters. The molecule has 0 bridgehead atoms. The topological polar surface area (TPSA) is 83.6 Å². The summed E-state index contributed by atoms with van der Waals surface area (Å²) in [6.45, 7) is 5.14. The number of hydrogen-bond donors (Lipinski definition) is 1. The Labute approximate surface area is 131 Å². The number of thiophene rings is 1. The number of rotatable bonds is 8. The average molecular weight is 355 g/mol. The summed E-state index contributed by atoms with van der Waals surface area (Å²) in [5, 5.41) is 3.15. The first kappa shape index (κ1) is 18.6. The molecule has 0 aromatic carbocycles. The Balaban J connectivity index is 2.94. The van der Waals surface area contributed by atoms with Crippen LogP contribution in [-0.2, 0) is 26.4 Å². The van der Waals surface area contributed by atoms with E-state index in [0.29, 0.717) is 11.4 Å². The van der Waals surface area contributed by atoms with Crippen LogP contribution in [0.2, 0.25) is 0 Å². The van der Waals surface area contributed by atoms with E-state index < -0.39 is 19.9 Å². The fourth-order valence-corrected chi connectivity index (χ4v) is 5.16. The first-order valence-corrected chi connectivity index (χ1v) is 10.8. The molecule has 1 aromatic heterocycles. The predicted molar refractivity (Wildman–Crippen MR) is 86.0 cm³/mol. The van der Waals surface area contributed by atoms with Crippen molar-refractivity contribution >= 4 is 31.2 Å². The van der Waals surface area contributed by atoms with Gasteiger partial charge in [-0.15, -0.1) is 11.3 Å². The van der Waals surface area contributed by atoms with Crippen molar-refractivity contribution in [3.63, 3.8) is 0 Å². The molecule has 21 heavy (non-hydrogen) atoms. The summed E-state index contributed by atoms with van der Waals surface area (Å²) in [6, 6.07) is 1.66. The molecule has 9 heteroatoms. The zero-order valence-electron chi connectivity index (χ0n) is 12.7. The van der Waals surface area contributed by atoms with Crippen molar-refractivity contribution in [3.8, 4) is 0 Å². The summed E-state index contributed by atoms with van der Waals surface area (Å²) in [6.07, 6.45) is 1.10. The fraction of sp³-hybridized carbons (Fsp3) is 0.667. The molecule has 1 aromatic rings. The average Bonchev–Trinajstić information content (AvgIpc) is 2.74. The van der Waals surface area contributed by atoms with Gasteiger partial charge in [0.15, 0.2) is 0 Å². The van der Waals surface area contributed by atoms with Crippen molar-refractivity contribution in [3.05, 3.63) is 15.8 Å². The lowest BCUT2D eigenvalue weighted by Gasteiger charge is -2.16. The number of sulfone groups is 1. The smallest absolute Gasteiger partial charge is 0.243 e. The Morgan fingerprint density at radius 3 is 2.43 bits per heavy atom. The highest BCUT2D eigenvalue weighted by Crippen LogP contribution is 2.27. The van der Waals surface area contributed by atoms with Crippen molar-refractivity contribution in [1.29, 1.82) is 0 Å². The minimum absolute atomic E-state index is 0.0427. The SMILES string of the molecule is CCNCc1cc(S(=O)(=O)N(C)CCS(C)(=O)=O)c(C)s1. The molecule has 6 nitrogen and oxygen atoms in total. The van der Waals surface area contributed by atoms with E-state index in [2.05, 4.69) is 5.32 Å². The highest BCUT2D eigenvalue weighted by atomic mass is 32.2. The fourth-order valence-electron chi connectivity index (χ4n) is 1.70. The molecule has 0 aliphatic rings. The first-order valence-electron chi connectivity index (χ1n) is 6.52. The Morgan fingerprint density at radius 1 is 1.29 bits per heavy atom. The van der Waals surface area contributed by atoms with Crippen LogP contribution < -0.4 is 5.32 Å². The van der Waals surface area contributed by atoms with Crippen LogP contribution in [0.4, 0.5) is 0 Å². The summed E-state index contributed by atoms with van der Waals surface area (Å²) in [5.41, 5.74) is 0. The first-order chi connectivity index (χ1) is 9.58. The number of aryl methyl sites for hydroxylation is 1. The molecular weight excluding hydrogens is 332 g/mol. The zero-order chi connectivity index (χ0) is 16.3. The van der Waals surface area contributed by atoms with Gasteiger partial charge in [0.1, 0.15) is 9.84 Å². The molecule has 0 atom stereocenters. The molecule has 0 amide bonds. The minimum atomic E-state index is -3.64. The van der Waals surface area contributed by atoms with Crippen LogP contribution in [0.15, 0.2) is 11.0 Å². The van der Waals surface area contributed by atoms with Crippen LogP contribution in [-0.4, -0.2) is 53.3 Å². The molecular formula is C12H22N2O4S3. The van der Waals surface area contributed by atoms with E-state index in [1.54, 1.807) is 13.0 Å². The summed E-state index contributed by atoms with van der Waals surface area (Å²) < 4.78 is 48.4. The zero-order valence-corrected chi connectivity index (χ0v) is 15.2. The van der Waals surface area contributed by atoms with Gasteiger partial charge < -0.3 is 5.32 Å². The van der Waals surface area contributed by atoms with Crippen LogP contribution in [0, 0.1) is 6.92 Å². The predicted octanol–water partition coefficient (Wildman–Crippen LogP) is 0.831. The lowest BCUT2D eigenvalue weighted by molar-refractivity contribution is 0.484. The second-order valence-corrected chi connectivity index (χ2v) is 10.5. The van der Waals surface area contributed by atoms with Crippen molar-refractivity contribution < 1.29 is 16.8 Å². The van der Waals surface area contributed by atoms with E-state index in [9.17, 15) is 16.8 Å². The molecule has 0 spiro atoms. The summed E-state index contributed by atoms with van der Waals surface area (Å²) >= 11 is 1.44. The van der Waals surface area contributed by atoms with Gasteiger partial charge in [-0.05, 0) is 19.5 Å². The molecule has 1 rings (SSSR count). The third kappa shape index (κ3) is 5.33. The van der Waals surface area contributed by atoms with Gasteiger partial charge in [0.2, 0.25) is 10.0 Å². The second-order valence-electron chi connectivity index (χ2n) is 4.87. The number of sulfonamides is 1. The molecule has 0 saturated carbocycles. The van der Waals surface area contributed by atoms with Gasteiger partial charge in [0.25, 0.3) is 0 Å². The van der Waals surface area contributed by atoms with Crippen LogP contribution in [0.25, 0.3) is 0 Å². The van der Waals surface area contributed by atoms with Gasteiger partial charge in [-0.3, -0.25) is 0 Å². The summed E-state index contributed by atoms with van der Waals surface area (Å²) in [4.78, 5) is 1.93. The molecule has 0 aliphatic heterocycles. The molecule has 0 fully saturated rings. The maximum Gasteiger partial charge on any atom is 0.243 e. The third-order valence-electron chi connectivity index (χ3n) is 2.94. The van der Waals surface area contributed by atoms with Gasteiger partial charge in [-0.25, -0.2) is 16.8 Å². The van der Waals surface area contributed by atoms with Crippen LogP contribution in [0.5, 0.6) is 0 Å². The highest BCUT2D eigenvalue weighted by Gasteiger charge is 2.25. The Morgan fingerprint density at radius 2 is 1.90 bits per heavy atom. The molecule has 1 N–H and O–H groups in total. The minimum Gasteiger partial charge on any atom is -0.312 e. The molecule has 1 heterocycles. The van der Waals surface area contributed by atoms with Crippen molar-refractivity contribution in [2.75, 3.05) is 32.1 Å². The number of nitrogens with zero attached hydrogens (tertiary/aromatic N) is 1. The monoisotopic (exact) mass is 354 g/mol. The maximum atomic E-state index is 12.5. The summed E-state index contributed by atoms with van der Waals surface area (Å²) in [7, 11) is -5.43. The van der Waals surface area contributed by atoms with E-state index in [0.717, 1.165) is 22.0 Å². The number of nitrogens with one attached hydrogen (secondary N) is 1. The Hall–Kier alpha value is -0.480. The van der Waals surface area contributed by atoms with E-state index in [1.807, 2.05) is 6.92 Å².